The predicted molar refractivity (Wildman–Crippen MR) is 265 cm³/mol. The quantitative estimate of drug-likeness (QED) is 0.0262. The van der Waals surface area contributed by atoms with Crippen LogP contribution in [0.2, 0.25) is 0 Å². The van der Waals surface area contributed by atoms with Gasteiger partial charge in [-0.3, -0.25) is 14.4 Å². The molecule has 1 atom stereocenters. The maximum absolute atomic E-state index is 12.8. The average Bonchev–Trinajstić information content (AvgIpc) is 3.27. The van der Waals surface area contributed by atoms with Crippen LogP contribution in [0.4, 0.5) is 0 Å². The molecule has 0 fully saturated rings. The van der Waals surface area contributed by atoms with Crippen molar-refractivity contribution in [2.24, 2.45) is 0 Å². The molecule has 6 heteroatoms. The zero-order chi connectivity index (χ0) is 45.1. The van der Waals surface area contributed by atoms with Gasteiger partial charge in [-0.15, -0.1) is 0 Å². The summed E-state index contributed by atoms with van der Waals surface area (Å²) in [6, 6.07) is 0. The second-order valence-corrected chi connectivity index (χ2v) is 17.1. The van der Waals surface area contributed by atoms with E-state index in [1.165, 1.54) is 122 Å². The minimum Gasteiger partial charge on any atom is -0.462 e. The minimum atomic E-state index is -0.800. The summed E-state index contributed by atoms with van der Waals surface area (Å²) in [7, 11) is 0. The molecule has 0 bridgehead atoms. The zero-order valence-electron chi connectivity index (χ0n) is 40.6. The van der Waals surface area contributed by atoms with Gasteiger partial charge in [-0.2, -0.15) is 0 Å². The molecule has 62 heavy (non-hydrogen) atoms. The average molecular weight is 865 g/mol. The number of carbonyl (C=O) groups is 3. The molecule has 0 aromatic heterocycles. The monoisotopic (exact) mass is 865 g/mol. The van der Waals surface area contributed by atoms with Gasteiger partial charge in [0.05, 0.1) is 0 Å². The first-order valence-electron chi connectivity index (χ1n) is 25.9. The number of esters is 3. The van der Waals surface area contributed by atoms with Gasteiger partial charge >= 0.3 is 17.9 Å². The van der Waals surface area contributed by atoms with E-state index < -0.39 is 6.10 Å². The van der Waals surface area contributed by atoms with Crippen LogP contribution in [0.5, 0.6) is 0 Å². The van der Waals surface area contributed by atoms with Crippen LogP contribution in [0.1, 0.15) is 245 Å². The molecule has 6 nitrogen and oxygen atoms in total. The molecule has 0 aliphatic carbocycles. The zero-order valence-corrected chi connectivity index (χ0v) is 40.6. The van der Waals surface area contributed by atoms with Crippen molar-refractivity contribution in [3.05, 3.63) is 72.9 Å². The van der Waals surface area contributed by atoms with E-state index in [0.717, 1.165) is 77.0 Å². The largest absolute Gasteiger partial charge is 0.462 e. The Morgan fingerprint density at radius 3 is 0.984 bits per heavy atom. The van der Waals surface area contributed by atoms with E-state index in [2.05, 4.69) is 87.6 Å². The lowest BCUT2D eigenvalue weighted by atomic mass is 10.0. The molecule has 0 aromatic rings. The van der Waals surface area contributed by atoms with Crippen LogP contribution in [0.3, 0.4) is 0 Å². The molecular weight excluding hydrogens is 769 g/mol. The summed E-state index contributed by atoms with van der Waals surface area (Å²) < 4.78 is 16.7. The highest BCUT2D eigenvalue weighted by Crippen LogP contribution is 2.15. The van der Waals surface area contributed by atoms with Crippen LogP contribution in [0.25, 0.3) is 0 Å². The van der Waals surface area contributed by atoms with Gasteiger partial charge in [0.25, 0.3) is 0 Å². The molecule has 0 N–H and O–H groups in total. The summed E-state index contributed by atoms with van der Waals surface area (Å²) in [5.41, 5.74) is 0. The molecule has 0 aliphatic rings. The smallest absolute Gasteiger partial charge is 0.306 e. The Bertz CT molecular complexity index is 1180. The maximum Gasteiger partial charge on any atom is 0.306 e. The van der Waals surface area contributed by atoms with E-state index >= 15 is 0 Å². The van der Waals surface area contributed by atoms with Crippen molar-refractivity contribution in [2.75, 3.05) is 13.2 Å². The summed E-state index contributed by atoms with van der Waals surface area (Å²) in [6.07, 6.45) is 63.5. The fourth-order valence-corrected chi connectivity index (χ4v) is 7.12. The Morgan fingerprint density at radius 1 is 0.339 bits per heavy atom. The summed E-state index contributed by atoms with van der Waals surface area (Å²) in [5.74, 6) is -0.987. The van der Waals surface area contributed by atoms with Crippen LogP contribution < -0.4 is 0 Å². The van der Waals surface area contributed by atoms with Crippen molar-refractivity contribution >= 4 is 17.9 Å². The van der Waals surface area contributed by atoms with Gasteiger partial charge in [0.2, 0.25) is 0 Å². The standard InChI is InChI=1S/C56H96O6/c1-4-7-10-13-16-18-20-22-24-26-28-30-31-33-35-37-40-43-46-49-55(58)61-52-53(51-60-54(57)48-45-42-39-15-12-9-6-3)62-56(59)50-47-44-41-38-36-34-32-29-27-25-23-21-19-17-14-11-8-5-2/h7,10,16,18,22,24,28,30,33,35,40,43,53H,4-6,8-9,11-15,17,19-21,23,25-27,29,31-32,34,36-39,41-42,44-52H2,1-3H3/b10-7-,18-16-,24-22-,30-28-,35-33-,43-40-. The molecule has 0 aromatic carbocycles. The van der Waals surface area contributed by atoms with Crippen molar-refractivity contribution in [1.29, 1.82) is 0 Å². The Morgan fingerprint density at radius 2 is 0.629 bits per heavy atom. The Balaban J connectivity index is 4.35. The molecule has 1 unspecified atom stereocenters. The van der Waals surface area contributed by atoms with Crippen molar-refractivity contribution in [3.63, 3.8) is 0 Å². The summed E-state index contributed by atoms with van der Waals surface area (Å²) >= 11 is 0. The summed E-state index contributed by atoms with van der Waals surface area (Å²) in [5, 5.41) is 0. The van der Waals surface area contributed by atoms with E-state index in [9.17, 15) is 14.4 Å². The van der Waals surface area contributed by atoms with Crippen LogP contribution in [-0.4, -0.2) is 37.2 Å². The third-order valence-electron chi connectivity index (χ3n) is 11.0. The molecule has 0 amide bonds. The highest BCUT2D eigenvalue weighted by atomic mass is 16.6. The molecule has 0 spiro atoms. The SMILES string of the molecule is CC/C=C\C/C=C\C/C=C\C/C=C\C/C=C\C/C=C\CCC(=O)OCC(COC(=O)CCCCCCCCC)OC(=O)CCCCCCCCCCCCCCCCCCCC. The second kappa shape index (κ2) is 50.5. The van der Waals surface area contributed by atoms with Gasteiger partial charge in [-0.1, -0.05) is 241 Å². The maximum atomic E-state index is 12.8. The molecule has 0 heterocycles. The van der Waals surface area contributed by atoms with E-state index in [-0.39, 0.29) is 37.5 Å². The van der Waals surface area contributed by atoms with Crippen LogP contribution in [0.15, 0.2) is 72.9 Å². The van der Waals surface area contributed by atoms with Crippen LogP contribution >= 0.6 is 0 Å². The Kier molecular flexibility index (Phi) is 47.9. The van der Waals surface area contributed by atoms with E-state index in [1.807, 2.05) is 6.08 Å². The lowest BCUT2D eigenvalue weighted by molar-refractivity contribution is -0.166. The second-order valence-electron chi connectivity index (χ2n) is 17.1. The van der Waals surface area contributed by atoms with Crippen molar-refractivity contribution in [1.82, 2.24) is 0 Å². The predicted octanol–water partition coefficient (Wildman–Crippen LogP) is 17.0. The Labute approximate surface area is 382 Å². The topological polar surface area (TPSA) is 78.9 Å². The lowest BCUT2D eigenvalue weighted by Gasteiger charge is -2.18. The summed E-state index contributed by atoms with van der Waals surface area (Å²) in [4.78, 5) is 37.8. The number of rotatable bonds is 46. The fraction of sp³-hybridized carbons (Fsp3) is 0.732. The van der Waals surface area contributed by atoms with Crippen molar-refractivity contribution in [3.8, 4) is 0 Å². The first-order valence-corrected chi connectivity index (χ1v) is 25.9. The van der Waals surface area contributed by atoms with Gasteiger partial charge in [-0.05, 0) is 57.8 Å². The highest BCUT2D eigenvalue weighted by molar-refractivity contribution is 5.71. The number of hydrogen-bond acceptors (Lipinski definition) is 6. The number of ether oxygens (including phenoxy) is 3. The fourth-order valence-electron chi connectivity index (χ4n) is 7.12. The molecule has 0 aliphatic heterocycles. The van der Waals surface area contributed by atoms with E-state index in [0.29, 0.717) is 19.3 Å². The van der Waals surface area contributed by atoms with Gasteiger partial charge in [-0.25, -0.2) is 0 Å². The van der Waals surface area contributed by atoms with Gasteiger partial charge in [0.1, 0.15) is 13.2 Å². The first kappa shape index (κ1) is 58.9. The first-order chi connectivity index (χ1) is 30.5. The molecule has 0 rings (SSSR count). The van der Waals surface area contributed by atoms with E-state index in [4.69, 9.17) is 14.2 Å². The van der Waals surface area contributed by atoms with Gasteiger partial charge in [0.15, 0.2) is 6.10 Å². The molecule has 0 radical (unpaired) electrons. The summed E-state index contributed by atoms with van der Waals surface area (Å²) in [6.45, 7) is 6.43. The molecule has 0 saturated heterocycles. The molecule has 356 valence electrons. The third-order valence-corrected chi connectivity index (χ3v) is 11.0. The van der Waals surface area contributed by atoms with Gasteiger partial charge in [0, 0.05) is 19.3 Å². The molecule has 0 saturated carbocycles. The van der Waals surface area contributed by atoms with Crippen molar-refractivity contribution in [2.45, 2.75) is 252 Å². The Hall–Kier alpha value is -3.15. The number of unbranched alkanes of at least 4 members (excludes halogenated alkanes) is 23. The van der Waals surface area contributed by atoms with Crippen molar-refractivity contribution < 1.29 is 28.6 Å². The molecular formula is C56H96O6. The highest BCUT2D eigenvalue weighted by Gasteiger charge is 2.19. The third kappa shape index (κ3) is 47.9. The minimum absolute atomic E-state index is 0.0966. The lowest BCUT2D eigenvalue weighted by Crippen LogP contribution is -2.30. The number of carbonyl (C=O) groups excluding carboxylic acids is 3. The normalized spacial score (nSPS) is 12.6. The number of allylic oxidation sites excluding steroid dienone is 12. The van der Waals surface area contributed by atoms with Gasteiger partial charge < -0.3 is 14.2 Å². The van der Waals surface area contributed by atoms with Crippen LogP contribution in [-0.2, 0) is 28.6 Å². The number of hydrogen-bond donors (Lipinski definition) is 0. The van der Waals surface area contributed by atoms with Crippen LogP contribution in [0, 0.1) is 0 Å². The van der Waals surface area contributed by atoms with E-state index in [1.54, 1.807) is 0 Å².